The van der Waals surface area contributed by atoms with Gasteiger partial charge in [0.05, 0.1) is 4.92 Å². The van der Waals surface area contributed by atoms with E-state index in [1.807, 2.05) is 24.1 Å². The molecule has 0 fully saturated rings. The number of rotatable bonds is 5. The fourth-order valence-corrected chi connectivity index (χ4v) is 1.92. The van der Waals surface area contributed by atoms with Crippen molar-refractivity contribution in [1.29, 1.82) is 0 Å². The Morgan fingerprint density at radius 1 is 1.30 bits per heavy atom. The highest BCUT2D eigenvalue weighted by Gasteiger charge is 2.12. The highest BCUT2D eigenvalue weighted by Crippen LogP contribution is 2.26. The van der Waals surface area contributed by atoms with E-state index >= 15 is 0 Å². The van der Waals surface area contributed by atoms with Crippen molar-refractivity contribution >= 4 is 17.1 Å². The molecule has 104 valence electrons. The molecule has 1 aromatic heterocycles. The van der Waals surface area contributed by atoms with Gasteiger partial charge in [-0.05, 0) is 36.2 Å². The first-order valence-electron chi connectivity index (χ1n) is 6.22. The van der Waals surface area contributed by atoms with Crippen LogP contribution in [-0.4, -0.2) is 23.5 Å². The molecule has 0 spiro atoms. The summed E-state index contributed by atoms with van der Waals surface area (Å²) in [6.07, 6.45) is 4.40. The average molecular weight is 272 g/mol. The van der Waals surface area contributed by atoms with Crippen molar-refractivity contribution in [3.8, 4) is 0 Å². The average Bonchev–Trinajstić information content (AvgIpc) is 2.45. The van der Waals surface area contributed by atoms with Gasteiger partial charge < -0.3 is 10.6 Å². The van der Waals surface area contributed by atoms with Gasteiger partial charge in [-0.15, -0.1) is 0 Å². The van der Waals surface area contributed by atoms with E-state index in [0.29, 0.717) is 0 Å². The van der Waals surface area contributed by atoms with Crippen LogP contribution >= 0.6 is 0 Å². The molecule has 0 bridgehead atoms. The Morgan fingerprint density at radius 2 is 2.00 bits per heavy atom. The van der Waals surface area contributed by atoms with E-state index in [4.69, 9.17) is 5.73 Å². The Balaban J connectivity index is 2.04. The molecule has 2 N–H and O–H groups in total. The molecule has 0 unspecified atom stereocenters. The Bertz CT molecular complexity index is 601. The number of hydrogen-bond donors (Lipinski definition) is 1. The number of nitro groups is 1. The van der Waals surface area contributed by atoms with Gasteiger partial charge in [-0.2, -0.15) is 0 Å². The minimum absolute atomic E-state index is 0.0590. The van der Waals surface area contributed by atoms with Crippen molar-refractivity contribution in [2.75, 3.05) is 24.2 Å². The first kappa shape index (κ1) is 13.8. The summed E-state index contributed by atoms with van der Waals surface area (Å²) in [5.41, 5.74) is 7.87. The van der Waals surface area contributed by atoms with Crippen molar-refractivity contribution in [1.82, 2.24) is 4.98 Å². The lowest BCUT2D eigenvalue weighted by molar-refractivity contribution is -0.383. The van der Waals surface area contributed by atoms with Crippen LogP contribution in [0.2, 0.25) is 0 Å². The van der Waals surface area contributed by atoms with E-state index in [0.717, 1.165) is 18.7 Å². The standard InChI is InChI=1S/C14H16N4O2/c1-17(9-6-11-4-7-16-8-5-11)12-2-3-14(18(19)20)13(15)10-12/h2-5,7-8,10H,6,9,15H2,1H3. The van der Waals surface area contributed by atoms with Crippen LogP contribution < -0.4 is 10.6 Å². The minimum atomic E-state index is -0.476. The second-order valence-corrected chi connectivity index (χ2v) is 4.53. The fourth-order valence-electron chi connectivity index (χ4n) is 1.92. The smallest absolute Gasteiger partial charge is 0.292 e. The quantitative estimate of drug-likeness (QED) is 0.512. The number of benzene rings is 1. The zero-order valence-electron chi connectivity index (χ0n) is 11.2. The highest BCUT2D eigenvalue weighted by atomic mass is 16.6. The van der Waals surface area contributed by atoms with Gasteiger partial charge in [-0.1, -0.05) is 0 Å². The number of hydrogen-bond acceptors (Lipinski definition) is 5. The molecule has 0 atom stereocenters. The molecule has 6 heteroatoms. The molecule has 0 aliphatic heterocycles. The summed E-state index contributed by atoms with van der Waals surface area (Å²) in [5.74, 6) is 0. The normalized spacial score (nSPS) is 10.2. The number of nitrogen functional groups attached to an aromatic ring is 1. The molecular weight excluding hydrogens is 256 g/mol. The van der Waals surface area contributed by atoms with Crippen LogP contribution in [-0.2, 0) is 6.42 Å². The second kappa shape index (κ2) is 6.01. The number of nitro benzene ring substituents is 1. The lowest BCUT2D eigenvalue weighted by Gasteiger charge is -2.19. The van der Waals surface area contributed by atoms with E-state index < -0.39 is 4.92 Å². The van der Waals surface area contributed by atoms with Crippen LogP contribution in [0.15, 0.2) is 42.7 Å². The number of nitrogens with two attached hydrogens (primary N) is 1. The SMILES string of the molecule is CN(CCc1ccncc1)c1ccc([N+](=O)[O-])c(N)c1. The molecule has 0 saturated carbocycles. The van der Waals surface area contributed by atoms with Crippen LogP contribution in [0.25, 0.3) is 0 Å². The summed E-state index contributed by atoms with van der Waals surface area (Å²) in [5, 5.41) is 10.7. The monoisotopic (exact) mass is 272 g/mol. The van der Waals surface area contributed by atoms with Gasteiger partial charge in [0.25, 0.3) is 5.69 Å². The Labute approximate surface area is 117 Å². The predicted molar refractivity (Wildman–Crippen MR) is 78.7 cm³/mol. The third-order valence-corrected chi connectivity index (χ3v) is 3.13. The maximum absolute atomic E-state index is 10.7. The van der Waals surface area contributed by atoms with Gasteiger partial charge >= 0.3 is 0 Å². The number of likely N-dealkylation sites (N-methyl/N-ethyl adjacent to an activating group) is 1. The van der Waals surface area contributed by atoms with Gasteiger partial charge in [-0.25, -0.2) is 0 Å². The van der Waals surface area contributed by atoms with E-state index in [1.165, 1.54) is 11.6 Å². The Morgan fingerprint density at radius 3 is 2.60 bits per heavy atom. The highest BCUT2D eigenvalue weighted by molar-refractivity contribution is 5.66. The molecule has 0 aliphatic rings. The lowest BCUT2D eigenvalue weighted by atomic mass is 10.2. The maximum atomic E-state index is 10.7. The minimum Gasteiger partial charge on any atom is -0.393 e. The molecule has 2 rings (SSSR count). The molecule has 1 aromatic carbocycles. The van der Waals surface area contributed by atoms with Crippen LogP contribution in [0.3, 0.4) is 0 Å². The van der Waals surface area contributed by atoms with Crippen LogP contribution in [0, 0.1) is 10.1 Å². The zero-order valence-corrected chi connectivity index (χ0v) is 11.2. The van der Waals surface area contributed by atoms with Crippen molar-refractivity contribution in [2.24, 2.45) is 0 Å². The molecule has 0 amide bonds. The molecule has 20 heavy (non-hydrogen) atoms. The summed E-state index contributed by atoms with van der Waals surface area (Å²) in [7, 11) is 1.93. The summed E-state index contributed by atoms with van der Waals surface area (Å²) >= 11 is 0. The van der Waals surface area contributed by atoms with Crippen molar-refractivity contribution in [2.45, 2.75) is 6.42 Å². The summed E-state index contributed by atoms with van der Waals surface area (Å²) < 4.78 is 0. The number of nitrogens with zero attached hydrogens (tertiary/aromatic N) is 3. The van der Waals surface area contributed by atoms with Crippen molar-refractivity contribution in [3.63, 3.8) is 0 Å². The van der Waals surface area contributed by atoms with E-state index in [2.05, 4.69) is 4.98 Å². The van der Waals surface area contributed by atoms with Crippen LogP contribution in [0.5, 0.6) is 0 Å². The maximum Gasteiger partial charge on any atom is 0.292 e. The van der Waals surface area contributed by atoms with E-state index in [-0.39, 0.29) is 11.4 Å². The zero-order chi connectivity index (χ0) is 14.5. The summed E-state index contributed by atoms with van der Waals surface area (Å²) in [6.45, 7) is 0.793. The Hall–Kier alpha value is -2.63. The third kappa shape index (κ3) is 3.23. The van der Waals surface area contributed by atoms with E-state index in [1.54, 1.807) is 24.5 Å². The fraction of sp³-hybridized carbons (Fsp3) is 0.214. The van der Waals surface area contributed by atoms with Crippen LogP contribution in [0.4, 0.5) is 17.1 Å². The lowest BCUT2D eigenvalue weighted by Crippen LogP contribution is -2.20. The number of aromatic nitrogens is 1. The molecule has 0 saturated heterocycles. The van der Waals surface area contributed by atoms with Gasteiger partial charge in [0.2, 0.25) is 0 Å². The molecule has 2 aromatic rings. The molecule has 1 heterocycles. The van der Waals surface area contributed by atoms with Crippen LogP contribution in [0.1, 0.15) is 5.56 Å². The second-order valence-electron chi connectivity index (χ2n) is 4.53. The largest absolute Gasteiger partial charge is 0.393 e. The molecule has 6 nitrogen and oxygen atoms in total. The number of anilines is 2. The van der Waals surface area contributed by atoms with Gasteiger partial charge in [0.1, 0.15) is 5.69 Å². The summed E-state index contributed by atoms with van der Waals surface area (Å²) in [4.78, 5) is 16.2. The topological polar surface area (TPSA) is 85.3 Å². The molecule has 0 radical (unpaired) electrons. The first-order valence-corrected chi connectivity index (χ1v) is 6.22. The molecular formula is C14H16N4O2. The van der Waals surface area contributed by atoms with Crippen molar-refractivity contribution in [3.05, 3.63) is 58.4 Å². The molecule has 0 aliphatic carbocycles. The Kier molecular flexibility index (Phi) is 4.14. The van der Waals surface area contributed by atoms with Gasteiger partial charge in [0.15, 0.2) is 0 Å². The van der Waals surface area contributed by atoms with Crippen molar-refractivity contribution < 1.29 is 4.92 Å². The number of pyridine rings is 1. The third-order valence-electron chi connectivity index (χ3n) is 3.13. The van der Waals surface area contributed by atoms with Gasteiger partial charge in [0, 0.05) is 37.7 Å². The van der Waals surface area contributed by atoms with E-state index in [9.17, 15) is 10.1 Å². The summed E-state index contributed by atoms with van der Waals surface area (Å²) in [6, 6.07) is 8.72. The predicted octanol–water partition coefficient (Wildman–Crippen LogP) is 2.25. The van der Waals surface area contributed by atoms with Gasteiger partial charge in [-0.3, -0.25) is 15.1 Å². The first-order chi connectivity index (χ1) is 9.58.